The van der Waals surface area contributed by atoms with Crippen LogP contribution in [0.25, 0.3) is 0 Å². The van der Waals surface area contributed by atoms with Crippen LogP contribution >= 0.6 is 11.8 Å². The molecule has 0 aliphatic rings. The minimum Gasteiger partial charge on any atom is -0.496 e. The molecule has 0 aliphatic carbocycles. The second kappa shape index (κ2) is 10.5. The number of carbonyl (C=O) groups is 3. The van der Waals surface area contributed by atoms with Crippen molar-refractivity contribution in [3.63, 3.8) is 0 Å². The largest absolute Gasteiger partial charge is 0.496 e. The highest BCUT2D eigenvalue weighted by Crippen LogP contribution is 2.25. The van der Waals surface area contributed by atoms with Gasteiger partial charge in [-0.2, -0.15) is 0 Å². The summed E-state index contributed by atoms with van der Waals surface area (Å²) in [6, 6.07) is 5.10. The lowest BCUT2D eigenvalue weighted by molar-refractivity contribution is -0.140. The maximum absolute atomic E-state index is 12.0. The standard InChI is InChI=1S/C16H21NO6S/c1-21-13-9-11(24-3)6-7-12(13)16(20)23-10-14(18)17-8-4-5-15(19)22-2/h6-7,9H,4-5,8,10H2,1-3H3,(H,17,18). The van der Waals surface area contributed by atoms with E-state index < -0.39 is 18.5 Å². The van der Waals surface area contributed by atoms with Crippen LogP contribution in [0, 0.1) is 0 Å². The number of ether oxygens (including phenoxy) is 3. The molecule has 7 nitrogen and oxygen atoms in total. The highest BCUT2D eigenvalue weighted by atomic mass is 32.2. The molecule has 0 saturated heterocycles. The molecule has 8 heteroatoms. The number of methoxy groups -OCH3 is 2. The van der Waals surface area contributed by atoms with E-state index in [9.17, 15) is 14.4 Å². The van der Waals surface area contributed by atoms with Gasteiger partial charge in [0, 0.05) is 17.9 Å². The summed E-state index contributed by atoms with van der Waals surface area (Å²) in [6.07, 6.45) is 2.59. The van der Waals surface area contributed by atoms with Crippen molar-refractivity contribution < 1.29 is 28.6 Å². The molecule has 1 amide bonds. The minimum atomic E-state index is -0.635. The zero-order valence-electron chi connectivity index (χ0n) is 13.9. The first-order valence-corrected chi connectivity index (χ1v) is 8.47. The number of esters is 2. The molecule has 0 aliphatic heterocycles. The quantitative estimate of drug-likeness (QED) is 0.409. The van der Waals surface area contributed by atoms with Gasteiger partial charge < -0.3 is 19.5 Å². The lowest BCUT2D eigenvalue weighted by Gasteiger charge is -2.10. The summed E-state index contributed by atoms with van der Waals surface area (Å²) >= 11 is 1.52. The molecule has 0 heterocycles. The number of thioether (sulfide) groups is 1. The van der Waals surface area contributed by atoms with E-state index in [1.807, 2.05) is 6.26 Å². The fraction of sp³-hybridized carbons (Fsp3) is 0.438. The smallest absolute Gasteiger partial charge is 0.342 e. The molecule has 132 valence electrons. The average molecular weight is 355 g/mol. The molecule has 24 heavy (non-hydrogen) atoms. The van der Waals surface area contributed by atoms with E-state index in [2.05, 4.69) is 10.1 Å². The molecular formula is C16H21NO6S. The zero-order valence-corrected chi connectivity index (χ0v) is 14.7. The van der Waals surface area contributed by atoms with Crippen molar-refractivity contribution in [2.45, 2.75) is 17.7 Å². The fourth-order valence-corrected chi connectivity index (χ4v) is 2.22. The minimum absolute atomic E-state index is 0.218. The van der Waals surface area contributed by atoms with E-state index in [0.717, 1.165) is 4.90 Å². The maximum Gasteiger partial charge on any atom is 0.342 e. The summed E-state index contributed by atoms with van der Waals surface area (Å²) in [7, 11) is 2.77. The molecule has 0 aromatic heterocycles. The first kappa shape index (κ1) is 19.8. The number of hydrogen-bond donors (Lipinski definition) is 1. The van der Waals surface area contributed by atoms with Gasteiger partial charge in [0.05, 0.1) is 14.2 Å². The van der Waals surface area contributed by atoms with Gasteiger partial charge in [0.1, 0.15) is 11.3 Å². The normalized spacial score (nSPS) is 9.96. The van der Waals surface area contributed by atoms with Gasteiger partial charge >= 0.3 is 11.9 Å². The summed E-state index contributed by atoms with van der Waals surface area (Å²) in [4.78, 5) is 35.5. The number of rotatable bonds is 9. The molecule has 0 radical (unpaired) electrons. The van der Waals surface area contributed by atoms with E-state index in [1.165, 1.54) is 26.0 Å². The van der Waals surface area contributed by atoms with Gasteiger partial charge in [0.2, 0.25) is 0 Å². The molecule has 0 bridgehead atoms. The van der Waals surface area contributed by atoms with Gasteiger partial charge in [0.15, 0.2) is 6.61 Å². The van der Waals surface area contributed by atoms with Crippen LogP contribution in [0.3, 0.4) is 0 Å². The Morgan fingerprint density at radius 3 is 2.58 bits per heavy atom. The Kier molecular flexibility index (Phi) is 8.70. The number of carbonyl (C=O) groups excluding carboxylic acids is 3. The highest BCUT2D eigenvalue weighted by molar-refractivity contribution is 7.98. The number of benzene rings is 1. The van der Waals surface area contributed by atoms with Crippen LogP contribution in [-0.2, 0) is 19.1 Å². The third-order valence-corrected chi connectivity index (χ3v) is 3.80. The van der Waals surface area contributed by atoms with Crippen molar-refractivity contribution in [3.8, 4) is 5.75 Å². The van der Waals surface area contributed by atoms with Crippen LogP contribution < -0.4 is 10.1 Å². The SMILES string of the molecule is COC(=O)CCCNC(=O)COC(=O)c1ccc(SC)cc1OC. The van der Waals surface area contributed by atoms with Crippen molar-refractivity contribution in [1.29, 1.82) is 0 Å². The number of amides is 1. The lowest BCUT2D eigenvalue weighted by atomic mass is 10.2. The molecule has 1 aromatic carbocycles. The predicted molar refractivity (Wildman–Crippen MR) is 89.3 cm³/mol. The summed E-state index contributed by atoms with van der Waals surface area (Å²) in [5.74, 6) is -1.01. The fourth-order valence-electron chi connectivity index (χ4n) is 1.79. The molecule has 1 aromatic rings. The zero-order chi connectivity index (χ0) is 17.9. The van der Waals surface area contributed by atoms with Crippen molar-refractivity contribution in [3.05, 3.63) is 23.8 Å². The third-order valence-electron chi connectivity index (χ3n) is 3.07. The summed E-state index contributed by atoms with van der Waals surface area (Å²) < 4.78 is 14.6. The van der Waals surface area contributed by atoms with Crippen molar-refractivity contribution in [1.82, 2.24) is 5.32 Å². The van der Waals surface area contributed by atoms with Crippen LogP contribution in [0.4, 0.5) is 0 Å². The van der Waals surface area contributed by atoms with E-state index in [-0.39, 0.29) is 18.0 Å². The molecule has 0 atom stereocenters. The Hall–Kier alpha value is -2.22. The Labute approximate surface area is 145 Å². The highest BCUT2D eigenvalue weighted by Gasteiger charge is 2.15. The van der Waals surface area contributed by atoms with Crippen LogP contribution in [0.5, 0.6) is 5.75 Å². The molecule has 1 rings (SSSR count). The summed E-state index contributed by atoms with van der Waals surface area (Å²) in [6.45, 7) is -0.0955. The number of hydrogen-bond acceptors (Lipinski definition) is 7. The Balaban J connectivity index is 2.43. The maximum atomic E-state index is 12.0. The Morgan fingerprint density at radius 2 is 1.96 bits per heavy atom. The first-order chi connectivity index (χ1) is 11.5. The number of nitrogens with one attached hydrogen (secondary N) is 1. The Bertz CT molecular complexity index is 590. The van der Waals surface area contributed by atoms with Gasteiger partial charge in [-0.15, -0.1) is 11.8 Å². The van der Waals surface area contributed by atoms with Crippen molar-refractivity contribution in [2.24, 2.45) is 0 Å². The van der Waals surface area contributed by atoms with E-state index in [1.54, 1.807) is 18.2 Å². The van der Waals surface area contributed by atoms with E-state index in [0.29, 0.717) is 18.7 Å². The van der Waals surface area contributed by atoms with Gasteiger partial charge in [-0.05, 0) is 30.9 Å². The molecule has 0 saturated carbocycles. The van der Waals surface area contributed by atoms with Gasteiger partial charge in [-0.25, -0.2) is 4.79 Å². The molecule has 0 fully saturated rings. The van der Waals surface area contributed by atoms with Gasteiger partial charge in [-0.1, -0.05) is 0 Å². The predicted octanol–water partition coefficient (Wildman–Crippen LogP) is 1.64. The van der Waals surface area contributed by atoms with Crippen LogP contribution in [-0.4, -0.2) is 51.5 Å². The topological polar surface area (TPSA) is 90.9 Å². The first-order valence-electron chi connectivity index (χ1n) is 7.24. The van der Waals surface area contributed by atoms with Crippen LogP contribution in [0.15, 0.2) is 23.1 Å². The second-order valence-corrected chi connectivity index (χ2v) is 5.55. The third kappa shape index (κ3) is 6.49. The van der Waals surface area contributed by atoms with E-state index >= 15 is 0 Å². The van der Waals surface area contributed by atoms with Gasteiger partial charge in [-0.3, -0.25) is 9.59 Å². The van der Waals surface area contributed by atoms with Crippen molar-refractivity contribution in [2.75, 3.05) is 33.6 Å². The molecule has 1 N–H and O–H groups in total. The van der Waals surface area contributed by atoms with E-state index in [4.69, 9.17) is 9.47 Å². The van der Waals surface area contributed by atoms with Crippen LogP contribution in [0.2, 0.25) is 0 Å². The van der Waals surface area contributed by atoms with Gasteiger partial charge in [0.25, 0.3) is 5.91 Å². The summed E-state index contributed by atoms with van der Waals surface area (Å²) in [5.41, 5.74) is 0.258. The molecular weight excluding hydrogens is 334 g/mol. The summed E-state index contributed by atoms with van der Waals surface area (Å²) in [5, 5.41) is 2.56. The van der Waals surface area contributed by atoms with Crippen LogP contribution in [0.1, 0.15) is 23.2 Å². The van der Waals surface area contributed by atoms with Crippen molar-refractivity contribution >= 4 is 29.6 Å². The lowest BCUT2D eigenvalue weighted by Crippen LogP contribution is -2.30. The Morgan fingerprint density at radius 1 is 1.21 bits per heavy atom. The monoisotopic (exact) mass is 355 g/mol. The average Bonchev–Trinajstić information content (AvgIpc) is 2.62. The molecule has 0 unspecified atom stereocenters. The molecule has 0 spiro atoms. The second-order valence-electron chi connectivity index (χ2n) is 4.67.